The van der Waals surface area contributed by atoms with Crippen LogP contribution in [-0.4, -0.2) is 49.5 Å². The van der Waals surface area contributed by atoms with Gasteiger partial charge < -0.3 is 24.8 Å². The van der Waals surface area contributed by atoms with Gasteiger partial charge in [0, 0.05) is 29.4 Å². The SMILES string of the molecule is CCN(CC)C[C@H](O)COc1cc(CNCc2ccc(C)s2)ccc1OC. The van der Waals surface area contributed by atoms with Gasteiger partial charge >= 0.3 is 0 Å². The van der Waals surface area contributed by atoms with Gasteiger partial charge in [-0.3, -0.25) is 0 Å². The number of methoxy groups -OCH3 is 1. The van der Waals surface area contributed by atoms with Gasteiger partial charge in [0.25, 0.3) is 0 Å². The number of rotatable bonds is 12. The van der Waals surface area contributed by atoms with E-state index >= 15 is 0 Å². The van der Waals surface area contributed by atoms with Crippen LogP contribution in [0.25, 0.3) is 0 Å². The summed E-state index contributed by atoms with van der Waals surface area (Å²) in [5, 5.41) is 13.7. The number of nitrogens with one attached hydrogen (secondary N) is 1. The molecule has 2 rings (SSSR count). The number of aliphatic hydroxyl groups is 1. The molecular weight excluding hydrogens is 360 g/mol. The van der Waals surface area contributed by atoms with E-state index in [4.69, 9.17) is 9.47 Å². The van der Waals surface area contributed by atoms with Crippen LogP contribution < -0.4 is 14.8 Å². The molecule has 150 valence electrons. The minimum Gasteiger partial charge on any atom is -0.493 e. The Morgan fingerprint density at radius 2 is 1.89 bits per heavy atom. The second-order valence-corrected chi connectivity index (χ2v) is 7.92. The lowest BCUT2D eigenvalue weighted by Gasteiger charge is -2.22. The van der Waals surface area contributed by atoms with Crippen LogP contribution >= 0.6 is 11.3 Å². The van der Waals surface area contributed by atoms with Gasteiger partial charge in [-0.25, -0.2) is 0 Å². The third kappa shape index (κ3) is 7.14. The Morgan fingerprint density at radius 3 is 2.52 bits per heavy atom. The van der Waals surface area contributed by atoms with Crippen molar-refractivity contribution in [2.45, 2.75) is 40.0 Å². The summed E-state index contributed by atoms with van der Waals surface area (Å²) in [6, 6.07) is 10.2. The Kier molecular flexibility index (Phi) is 9.07. The van der Waals surface area contributed by atoms with Crippen LogP contribution in [0.4, 0.5) is 0 Å². The van der Waals surface area contributed by atoms with Crippen LogP contribution in [0.15, 0.2) is 30.3 Å². The molecule has 1 heterocycles. The molecule has 0 saturated heterocycles. The number of hydrogen-bond donors (Lipinski definition) is 2. The van der Waals surface area contributed by atoms with E-state index < -0.39 is 6.10 Å². The second kappa shape index (κ2) is 11.3. The maximum Gasteiger partial charge on any atom is 0.161 e. The zero-order valence-corrected chi connectivity index (χ0v) is 17.6. The molecule has 27 heavy (non-hydrogen) atoms. The topological polar surface area (TPSA) is 54.0 Å². The van der Waals surface area contributed by atoms with Crippen LogP contribution in [0.1, 0.15) is 29.2 Å². The quantitative estimate of drug-likeness (QED) is 0.580. The van der Waals surface area contributed by atoms with Crippen molar-refractivity contribution in [3.8, 4) is 11.5 Å². The number of likely N-dealkylation sites (N-methyl/N-ethyl adjacent to an activating group) is 1. The standard InChI is InChI=1S/C21H32N2O3S/c1-5-23(6-2)14-18(24)15-26-21-11-17(8-10-20(21)25-4)12-22-13-19-9-7-16(3)27-19/h7-11,18,22,24H,5-6,12-15H2,1-4H3/t18-/m0/s1. The third-order valence-electron chi connectivity index (χ3n) is 4.45. The van der Waals surface area contributed by atoms with Crippen molar-refractivity contribution < 1.29 is 14.6 Å². The highest BCUT2D eigenvalue weighted by Crippen LogP contribution is 2.28. The fourth-order valence-electron chi connectivity index (χ4n) is 2.87. The number of ether oxygens (including phenoxy) is 2. The van der Waals surface area contributed by atoms with Crippen LogP contribution in [0.5, 0.6) is 11.5 Å². The average Bonchev–Trinajstić information content (AvgIpc) is 3.09. The Hall–Kier alpha value is -1.60. The van der Waals surface area contributed by atoms with Gasteiger partial charge in [0.1, 0.15) is 12.7 Å². The van der Waals surface area contributed by atoms with E-state index in [2.05, 4.69) is 43.1 Å². The van der Waals surface area contributed by atoms with Crippen molar-refractivity contribution in [2.24, 2.45) is 0 Å². The molecule has 0 aliphatic rings. The minimum atomic E-state index is -0.529. The summed E-state index contributed by atoms with van der Waals surface area (Å²) in [6.07, 6.45) is -0.529. The van der Waals surface area contributed by atoms with E-state index in [1.165, 1.54) is 9.75 Å². The molecule has 2 aromatic rings. The first-order valence-corrected chi connectivity index (χ1v) is 10.3. The van der Waals surface area contributed by atoms with Crippen molar-refractivity contribution in [3.63, 3.8) is 0 Å². The number of hydrogen-bond acceptors (Lipinski definition) is 6. The van der Waals surface area contributed by atoms with Crippen LogP contribution in [0, 0.1) is 6.92 Å². The third-order valence-corrected chi connectivity index (χ3v) is 5.45. The summed E-state index contributed by atoms with van der Waals surface area (Å²) in [7, 11) is 1.63. The molecule has 0 fully saturated rings. The molecule has 5 nitrogen and oxygen atoms in total. The number of thiophene rings is 1. The molecular formula is C21H32N2O3S. The molecule has 1 aromatic heterocycles. The number of nitrogens with zero attached hydrogens (tertiary/aromatic N) is 1. The predicted octanol–water partition coefficient (Wildman–Crippen LogP) is 3.44. The summed E-state index contributed by atoms with van der Waals surface area (Å²) in [5.41, 5.74) is 1.12. The second-order valence-electron chi connectivity index (χ2n) is 6.55. The lowest BCUT2D eigenvalue weighted by molar-refractivity contribution is 0.0705. The average molecular weight is 393 g/mol. The zero-order chi connectivity index (χ0) is 19.6. The van der Waals surface area contributed by atoms with Gasteiger partial charge in [-0.1, -0.05) is 19.9 Å². The maximum atomic E-state index is 10.2. The Morgan fingerprint density at radius 1 is 1.11 bits per heavy atom. The highest BCUT2D eigenvalue weighted by molar-refractivity contribution is 7.11. The number of aryl methyl sites for hydroxylation is 1. The van der Waals surface area contributed by atoms with E-state index in [0.29, 0.717) is 18.0 Å². The van der Waals surface area contributed by atoms with Gasteiger partial charge in [-0.05, 0) is 49.8 Å². The fourth-order valence-corrected chi connectivity index (χ4v) is 3.73. The van der Waals surface area contributed by atoms with Crippen LogP contribution in [0.3, 0.4) is 0 Å². The highest BCUT2D eigenvalue weighted by Gasteiger charge is 2.12. The molecule has 0 saturated carbocycles. The lowest BCUT2D eigenvalue weighted by Crippen LogP contribution is -2.35. The predicted molar refractivity (Wildman–Crippen MR) is 112 cm³/mol. The molecule has 0 bridgehead atoms. The summed E-state index contributed by atoms with van der Waals surface area (Å²) in [6.45, 7) is 10.6. The van der Waals surface area contributed by atoms with Gasteiger partial charge in [-0.15, -0.1) is 11.3 Å². The molecule has 0 unspecified atom stereocenters. The molecule has 1 atom stereocenters. The molecule has 0 amide bonds. The molecule has 0 aliphatic heterocycles. The first kappa shape index (κ1) is 21.7. The largest absolute Gasteiger partial charge is 0.493 e. The van der Waals surface area contributed by atoms with E-state index in [0.717, 1.165) is 31.7 Å². The molecule has 6 heteroatoms. The van der Waals surface area contributed by atoms with Crippen molar-refractivity contribution in [1.29, 1.82) is 0 Å². The van der Waals surface area contributed by atoms with Gasteiger partial charge in [0.15, 0.2) is 11.5 Å². The maximum absolute atomic E-state index is 10.2. The van der Waals surface area contributed by atoms with E-state index in [1.807, 2.05) is 29.5 Å². The van der Waals surface area contributed by atoms with Crippen LogP contribution in [-0.2, 0) is 13.1 Å². The molecule has 0 radical (unpaired) electrons. The van der Waals surface area contributed by atoms with Crippen molar-refractivity contribution in [3.05, 3.63) is 45.6 Å². The van der Waals surface area contributed by atoms with Gasteiger partial charge in [-0.2, -0.15) is 0 Å². The summed E-state index contributed by atoms with van der Waals surface area (Å²) >= 11 is 1.81. The normalized spacial score (nSPS) is 12.4. The van der Waals surface area contributed by atoms with E-state index in [9.17, 15) is 5.11 Å². The highest BCUT2D eigenvalue weighted by atomic mass is 32.1. The first-order valence-electron chi connectivity index (χ1n) is 9.51. The van der Waals surface area contributed by atoms with Crippen molar-refractivity contribution in [1.82, 2.24) is 10.2 Å². The first-order chi connectivity index (χ1) is 13.0. The Bertz CT molecular complexity index is 686. The van der Waals surface area contributed by atoms with Crippen molar-refractivity contribution in [2.75, 3.05) is 33.4 Å². The number of aliphatic hydroxyl groups excluding tert-OH is 1. The lowest BCUT2D eigenvalue weighted by atomic mass is 10.2. The van der Waals surface area contributed by atoms with Gasteiger partial charge in [0.2, 0.25) is 0 Å². The summed E-state index contributed by atoms with van der Waals surface area (Å²) in [5.74, 6) is 1.35. The van der Waals surface area contributed by atoms with Crippen LogP contribution in [0.2, 0.25) is 0 Å². The zero-order valence-electron chi connectivity index (χ0n) is 16.8. The molecule has 0 spiro atoms. The van der Waals surface area contributed by atoms with Crippen molar-refractivity contribution >= 4 is 11.3 Å². The Labute approximate surface area is 166 Å². The minimum absolute atomic E-state index is 0.248. The summed E-state index contributed by atoms with van der Waals surface area (Å²) < 4.78 is 11.3. The Balaban J connectivity index is 1.89. The molecule has 2 N–H and O–H groups in total. The monoisotopic (exact) mass is 392 g/mol. The summed E-state index contributed by atoms with van der Waals surface area (Å²) in [4.78, 5) is 4.84. The molecule has 1 aromatic carbocycles. The van der Waals surface area contributed by atoms with E-state index in [1.54, 1.807) is 7.11 Å². The number of benzene rings is 1. The molecule has 0 aliphatic carbocycles. The fraction of sp³-hybridized carbons (Fsp3) is 0.524. The van der Waals surface area contributed by atoms with Gasteiger partial charge in [0.05, 0.1) is 7.11 Å². The smallest absolute Gasteiger partial charge is 0.161 e. The van der Waals surface area contributed by atoms with E-state index in [-0.39, 0.29) is 6.61 Å².